The van der Waals surface area contributed by atoms with Gasteiger partial charge in [-0.25, -0.2) is 0 Å². The minimum Gasteiger partial charge on any atom is -0.393 e. The molecule has 0 unspecified atom stereocenters. The zero-order chi connectivity index (χ0) is 14.0. The Hall–Kier alpha value is -0.0800. The minimum atomic E-state index is -0.0237. The smallest absolute Gasteiger partial charge is 0.0541 e. The number of aliphatic hydroxyl groups excluding tert-OH is 1. The average molecular weight is 281 g/mol. The molecule has 0 aromatic carbocycles. The molecule has 0 aromatic heterocycles. The van der Waals surface area contributed by atoms with Gasteiger partial charge >= 0.3 is 0 Å². The van der Waals surface area contributed by atoms with Crippen molar-refractivity contribution in [1.82, 2.24) is 5.32 Å². The van der Waals surface area contributed by atoms with Crippen LogP contribution in [0.1, 0.15) is 96.3 Å². The maximum absolute atomic E-state index is 9.61. The molecule has 0 atom stereocenters. The van der Waals surface area contributed by atoms with E-state index in [4.69, 9.17) is 0 Å². The van der Waals surface area contributed by atoms with E-state index in [2.05, 4.69) is 5.32 Å². The molecule has 0 aliphatic heterocycles. The third-order valence-electron chi connectivity index (χ3n) is 5.27. The van der Waals surface area contributed by atoms with Crippen LogP contribution in [0.4, 0.5) is 0 Å². The summed E-state index contributed by atoms with van der Waals surface area (Å²) in [4.78, 5) is 0. The molecule has 0 heterocycles. The first-order chi connectivity index (χ1) is 9.84. The van der Waals surface area contributed by atoms with Gasteiger partial charge < -0.3 is 10.4 Å². The first kappa shape index (κ1) is 16.3. The van der Waals surface area contributed by atoms with Crippen molar-refractivity contribution in [1.29, 1.82) is 0 Å². The largest absolute Gasteiger partial charge is 0.393 e. The number of hydrogen-bond donors (Lipinski definition) is 2. The SMILES string of the molecule is OC1CCC(NC2CCCCCCCCCCC2)CC1. The average Bonchev–Trinajstić information content (AvgIpc) is 2.44. The van der Waals surface area contributed by atoms with Crippen LogP contribution >= 0.6 is 0 Å². The third-order valence-corrected chi connectivity index (χ3v) is 5.27. The second kappa shape index (κ2) is 9.78. The van der Waals surface area contributed by atoms with Crippen molar-refractivity contribution in [2.24, 2.45) is 0 Å². The van der Waals surface area contributed by atoms with Gasteiger partial charge in [-0.1, -0.05) is 57.8 Å². The third kappa shape index (κ3) is 6.58. The fraction of sp³-hybridized carbons (Fsp3) is 1.00. The van der Waals surface area contributed by atoms with Crippen molar-refractivity contribution in [2.45, 2.75) is 114 Å². The molecule has 2 rings (SSSR count). The fourth-order valence-corrected chi connectivity index (χ4v) is 3.91. The summed E-state index contributed by atoms with van der Waals surface area (Å²) in [6.45, 7) is 0. The molecule has 2 heteroatoms. The van der Waals surface area contributed by atoms with E-state index in [1.807, 2.05) is 0 Å². The second-order valence-corrected chi connectivity index (χ2v) is 7.13. The van der Waals surface area contributed by atoms with Gasteiger partial charge in [-0.15, -0.1) is 0 Å². The predicted octanol–water partition coefficient (Wildman–Crippen LogP) is 4.55. The molecule has 0 amide bonds. The number of hydrogen-bond acceptors (Lipinski definition) is 2. The summed E-state index contributed by atoms with van der Waals surface area (Å²) in [7, 11) is 0. The van der Waals surface area contributed by atoms with Gasteiger partial charge in [0, 0.05) is 12.1 Å². The van der Waals surface area contributed by atoms with E-state index in [1.165, 1.54) is 83.5 Å². The van der Waals surface area contributed by atoms with Crippen molar-refractivity contribution < 1.29 is 5.11 Å². The quantitative estimate of drug-likeness (QED) is 0.778. The molecule has 20 heavy (non-hydrogen) atoms. The lowest BCUT2D eigenvalue weighted by Gasteiger charge is -2.31. The Morgan fingerprint density at radius 3 is 1.40 bits per heavy atom. The van der Waals surface area contributed by atoms with Crippen LogP contribution in [-0.4, -0.2) is 23.3 Å². The molecule has 0 saturated heterocycles. The van der Waals surface area contributed by atoms with Gasteiger partial charge in [0.2, 0.25) is 0 Å². The topological polar surface area (TPSA) is 32.3 Å². The maximum atomic E-state index is 9.61. The Labute approximate surface area is 125 Å². The number of rotatable bonds is 2. The maximum Gasteiger partial charge on any atom is 0.0541 e. The van der Waals surface area contributed by atoms with Gasteiger partial charge in [-0.3, -0.25) is 0 Å². The van der Waals surface area contributed by atoms with Crippen LogP contribution in [-0.2, 0) is 0 Å². The molecule has 2 fully saturated rings. The zero-order valence-corrected chi connectivity index (χ0v) is 13.3. The Bertz CT molecular complexity index is 224. The van der Waals surface area contributed by atoms with Gasteiger partial charge in [0.05, 0.1) is 6.10 Å². The zero-order valence-electron chi connectivity index (χ0n) is 13.3. The van der Waals surface area contributed by atoms with Crippen LogP contribution in [0.3, 0.4) is 0 Å². The van der Waals surface area contributed by atoms with Gasteiger partial charge in [-0.2, -0.15) is 0 Å². The lowest BCUT2D eigenvalue weighted by molar-refractivity contribution is 0.113. The molecule has 2 aliphatic carbocycles. The highest BCUT2D eigenvalue weighted by atomic mass is 16.3. The van der Waals surface area contributed by atoms with E-state index in [1.54, 1.807) is 0 Å². The molecular formula is C18H35NO. The number of aliphatic hydroxyl groups is 1. The lowest BCUT2D eigenvalue weighted by Crippen LogP contribution is -2.41. The van der Waals surface area contributed by atoms with Crippen molar-refractivity contribution >= 4 is 0 Å². The van der Waals surface area contributed by atoms with Crippen LogP contribution in [0.25, 0.3) is 0 Å². The molecule has 2 nitrogen and oxygen atoms in total. The molecule has 2 aliphatic rings. The normalized spacial score (nSPS) is 32.2. The second-order valence-electron chi connectivity index (χ2n) is 7.13. The summed E-state index contributed by atoms with van der Waals surface area (Å²) >= 11 is 0. The van der Waals surface area contributed by atoms with Gasteiger partial charge in [0.15, 0.2) is 0 Å². The van der Waals surface area contributed by atoms with Crippen molar-refractivity contribution in [2.75, 3.05) is 0 Å². The van der Waals surface area contributed by atoms with E-state index in [0.29, 0.717) is 6.04 Å². The fourth-order valence-electron chi connectivity index (χ4n) is 3.91. The van der Waals surface area contributed by atoms with Crippen LogP contribution < -0.4 is 5.32 Å². The van der Waals surface area contributed by atoms with E-state index in [9.17, 15) is 5.11 Å². The van der Waals surface area contributed by atoms with E-state index < -0.39 is 0 Å². The van der Waals surface area contributed by atoms with Crippen LogP contribution in [0.15, 0.2) is 0 Å². The molecule has 0 bridgehead atoms. The minimum absolute atomic E-state index is 0.0237. The highest BCUT2D eigenvalue weighted by Crippen LogP contribution is 2.22. The van der Waals surface area contributed by atoms with Gasteiger partial charge in [0.1, 0.15) is 0 Å². The Balaban J connectivity index is 1.71. The van der Waals surface area contributed by atoms with Gasteiger partial charge in [0.25, 0.3) is 0 Å². The standard InChI is InChI=1S/C18H35NO/c20-18-14-12-17(13-15-18)19-16-10-8-6-4-2-1-3-5-7-9-11-16/h16-20H,1-15H2. The molecule has 2 saturated carbocycles. The van der Waals surface area contributed by atoms with Gasteiger partial charge in [-0.05, 0) is 38.5 Å². The summed E-state index contributed by atoms with van der Waals surface area (Å²) in [5.74, 6) is 0. The Kier molecular flexibility index (Phi) is 7.97. The molecule has 118 valence electrons. The summed E-state index contributed by atoms with van der Waals surface area (Å²) in [5, 5.41) is 13.5. The van der Waals surface area contributed by atoms with E-state index in [0.717, 1.165) is 18.9 Å². The molecule has 0 radical (unpaired) electrons. The predicted molar refractivity (Wildman–Crippen MR) is 86.0 cm³/mol. The van der Waals surface area contributed by atoms with Crippen LogP contribution in [0.5, 0.6) is 0 Å². The monoisotopic (exact) mass is 281 g/mol. The highest BCUT2D eigenvalue weighted by Gasteiger charge is 2.21. The van der Waals surface area contributed by atoms with Crippen molar-refractivity contribution in [3.8, 4) is 0 Å². The first-order valence-electron chi connectivity index (χ1n) is 9.29. The van der Waals surface area contributed by atoms with Crippen LogP contribution in [0, 0.1) is 0 Å². The highest BCUT2D eigenvalue weighted by molar-refractivity contribution is 4.80. The summed E-state index contributed by atoms with van der Waals surface area (Å²) < 4.78 is 0. The van der Waals surface area contributed by atoms with E-state index in [-0.39, 0.29) is 6.10 Å². The van der Waals surface area contributed by atoms with Crippen LogP contribution in [0.2, 0.25) is 0 Å². The molecule has 0 spiro atoms. The number of nitrogens with one attached hydrogen (secondary N) is 1. The summed E-state index contributed by atoms with van der Waals surface area (Å²) in [5.41, 5.74) is 0. The molecular weight excluding hydrogens is 246 g/mol. The lowest BCUT2D eigenvalue weighted by atomic mass is 9.91. The molecule has 0 aromatic rings. The van der Waals surface area contributed by atoms with Crippen molar-refractivity contribution in [3.05, 3.63) is 0 Å². The van der Waals surface area contributed by atoms with Crippen molar-refractivity contribution in [3.63, 3.8) is 0 Å². The Morgan fingerprint density at radius 1 is 0.500 bits per heavy atom. The molecule has 2 N–H and O–H groups in total. The summed E-state index contributed by atoms with van der Waals surface area (Å²) in [6, 6.07) is 1.42. The summed E-state index contributed by atoms with van der Waals surface area (Å²) in [6.07, 6.45) is 20.0. The first-order valence-corrected chi connectivity index (χ1v) is 9.29. The Morgan fingerprint density at radius 2 is 0.900 bits per heavy atom. The van der Waals surface area contributed by atoms with E-state index >= 15 is 0 Å².